The van der Waals surface area contributed by atoms with E-state index in [0.29, 0.717) is 43.0 Å². The van der Waals surface area contributed by atoms with Crippen molar-refractivity contribution in [3.05, 3.63) is 48.0 Å². The second-order valence-corrected chi connectivity index (χ2v) is 9.40. The molecule has 0 spiro atoms. The molecule has 5 rings (SSSR count). The lowest BCUT2D eigenvalue weighted by atomic mass is 9.92. The summed E-state index contributed by atoms with van der Waals surface area (Å²) in [6, 6.07) is 16.2. The van der Waals surface area contributed by atoms with Crippen LogP contribution >= 0.6 is 0 Å². The van der Waals surface area contributed by atoms with Crippen LogP contribution in [0, 0.1) is 11.3 Å². The summed E-state index contributed by atoms with van der Waals surface area (Å²) in [5, 5.41) is 16.8. The van der Waals surface area contributed by atoms with Gasteiger partial charge in [0, 0.05) is 23.2 Å². The lowest BCUT2D eigenvalue weighted by molar-refractivity contribution is -0.143. The van der Waals surface area contributed by atoms with Crippen LogP contribution in [-0.2, 0) is 9.47 Å². The number of urea groups is 1. The second kappa shape index (κ2) is 9.98. The maximum Gasteiger partial charge on any atom is 0.319 e. The lowest BCUT2D eigenvalue weighted by Gasteiger charge is -2.30. The van der Waals surface area contributed by atoms with Gasteiger partial charge in [-0.3, -0.25) is 0 Å². The molecule has 0 atom stereocenters. The molecule has 182 valence electrons. The van der Waals surface area contributed by atoms with E-state index in [1.807, 2.05) is 56.3 Å². The highest BCUT2D eigenvalue weighted by Crippen LogP contribution is 2.43. The van der Waals surface area contributed by atoms with E-state index < -0.39 is 0 Å². The van der Waals surface area contributed by atoms with Crippen LogP contribution in [0.4, 0.5) is 10.5 Å². The summed E-state index contributed by atoms with van der Waals surface area (Å²) in [4.78, 5) is 12.1. The number of anilines is 1. The molecule has 2 aromatic carbocycles. The van der Waals surface area contributed by atoms with E-state index in [9.17, 15) is 10.1 Å². The molecule has 0 unspecified atom stereocenters. The lowest BCUT2D eigenvalue weighted by Crippen LogP contribution is -2.34. The molecule has 1 saturated heterocycles. The third-order valence-electron chi connectivity index (χ3n) is 6.44. The Morgan fingerprint density at radius 2 is 1.89 bits per heavy atom. The standard InChI is InChI=1S/C27H30N4O4/c1-17(2)29-27(32)30-19-8-6-18(7-9-19)26-24(13-28)23-12-21(35-22-14-33-16-34-15-22)10-11-25(23)31(26)20-4-3-5-20/h6-12,17,20,22H,3-5,14-16H2,1-2H3,(H2,29,30,32). The second-order valence-electron chi connectivity index (χ2n) is 9.40. The zero-order chi connectivity index (χ0) is 24.4. The van der Waals surface area contributed by atoms with Crippen LogP contribution in [0.25, 0.3) is 22.2 Å². The molecule has 3 aromatic rings. The number of amides is 2. The van der Waals surface area contributed by atoms with Gasteiger partial charge in [-0.15, -0.1) is 0 Å². The van der Waals surface area contributed by atoms with Gasteiger partial charge in [-0.05, 0) is 69.0 Å². The van der Waals surface area contributed by atoms with Crippen molar-refractivity contribution in [1.82, 2.24) is 9.88 Å². The van der Waals surface area contributed by atoms with Crippen molar-refractivity contribution >= 4 is 22.6 Å². The van der Waals surface area contributed by atoms with Crippen LogP contribution in [0.2, 0.25) is 0 Å². The Labute approximate surface area is 204 Å². The molecule has 2 amide bonds. The molecule has 35 heavy (non-hydrogen) atoms. The number of nitrogens with one attached hydrogen (secondary N) is 2. The molecule has 8 heteroatoms. The van der Waals surface area contributed by atoms with E-state index >= 15 is 0 Å². The quantitative estimate of drug-likeness (QED) is 0.513. The molecule has 2 fully saturated rings. The summed E-state index contributed by atoms with van der Waals surface area (Å²) in [7, 11) is 0. The number of fused-ring (bicyclic) bond motifs is 1. The Balaban J connectivity index is 1.51. The van der Waals surface area contributed by atoms with Gasteiger partial charge in [-0.25, -0.2) is 4.79 Å². The molecule has 0 bridgehead atoms. The van der Waals surface area contributed by atoms with E-state index in [0.717, 1.165) is 35.0 Å². The molecule has 1 aromatic heterocycles. The number of hydrogen-bond acceptors (Lipinski definition) is 5. The molecule has 1 aliphatic carbocycles. The first-order valence-electron chi connectivity index (χ1n) is 12.1. The van der Waals surface area contributed by atoms with Crippen molar-refractivity contribution in [3.63, 3.8) is 0 Å². The first kappa shape index (κ1) is 23.2. The minimum atomic E-state index is -0.240. The number of nitrogens with zero attached hydrogens (tertiary/aromatic N) is 2. The van der Waals surface area contributed by atoms with Gasteiger partial charge in [0.1, 0.15) is 24.7 Å². The average Bonchev–Trinajstić information content (AvgIpc) is 3.12. The zero-order valence-electron chi connectivity index (χ0n) is 20.0. The number of aromatic nitrogens is 1. The summed E-state index contributed by atoms with van der Waals surface area (Å²) < 4.78 is 19.1. The Morgan fingerprint density at radius 1 is 1.14 bits per heavy atom. The highest BCUT2D eigenvalue weighted by Gasteiger charge is 2.28. The van der Waals surface area contributed by atoms with Crippen LogP contribution in [0.1, 0.15) is 44.7 Å². The van der Waals surface area contributed by atoms with Crippen LogP contribution in [0.15, 0.2) is 42.5 Å². The summed E-state index contributed by atoms with van der Waals surface area (Å²) >= 11 is 0. The molecule has 1 saturated carbocycles. The van der Waals surface area contributed by atoms with E-state index in [4.69, 9.17) is 14.2 Å². The topological polar surface area (TPSA) is 97.5 Å². The van der Waals surface area contributed by atoms with Crippen molar-refractivity contribution in [2.75, 3.05) is 25.3 Å². The van der Waals surface area contributed by atoms with Crippen molar-refractivity contribution in [3.8, 4) is 23.1 Å². The highest BCUT2D eigenvalue weighted by atomic mass is 16.7. The molecule has 2 aliphatic rings. The van der Waals surface area contributed by atoms with Crippen LogP contribution in [0.5, 0.6) is 5.75 Å². The number of benzene rings is 2. The Hall–Kier alpha value is -3.54. The molecule has 2 N–H and O–H groups in total. The fourth-order valence-corrected chi connectivity index (χ4v) is 4.66. The number of rotatable bonds is 6. The first-order valence-corrected chi connectivity index (χ1v) is 12.1. The fraction of sp³-hybridized carbons (Fsp3) is 0.407. The number of carbonyl (C=O) groups is 1. The molecule has 2 heterocycles. The van der Waals surface area contributed by atoms with E-state index in [1.165, 1.54) is 6.42 Å². The number of ether oxygens (including phenoxy) is 3. The van der Waals surface area contributed by atoms with Gasteiger partial charge in [0.05, 0.1) is 30.0 Å². The smallest absolute Gasteiger partial charge is 0.319 e. The van der Waals surface area contributed by atoms with Crippen LogP contribution < -0.4 is 15.4 Å². The zero-order valence-corrected chi connectivity index (χ0v) is 20.0. The van der Waals surface area contributed by atoms with Crippen molar-refractivity contribution in [1.29, 1.82) is 5.26 Å². The molecule has 0 radical (unpaired) electrons. The fourth-order valence-electron chi connectivity index (χ4n) is 4.66. The van der Waals surface area contributed by atoms with Gasteiger partial charge in [0.2, 0.25) is 0 Å². The first-order chi connectivity index (χ1) is 17.0. The molecular weight excluding hydrogens is 444 g/mol. The summed E-state index contributed by atoms with van der Waals surface area (Å²) in [6.07, 6.45) is 3.19. The maximum absolute atomic E-state index is 12.1. The van der Waals surface area contributed by atoms with Gasteiger partial charge in [-0.1, -0.05) is 12.1 Å². The van der Waals surface area contributed by atoms with Gasteiger partial charge < -0.3 is 29.4 Å². The van der Waals surface area contributed by atoms with Crippen LogP contribution in [0.3, 0.4) is 0 Å². The average molecular weight is 475 g/mol. The van der Waals surface area contributed by atoms with Crippen molar-refractivity contribution < 1.29 is 19.0 Å². The third-order valence-corrected chi connectivity index (χ3v) is 6.44. The molecule has 8 nitrogen and oxygen atoms in total. The Kier molecular flexibility index (Phi) is 6.62. The molecular formula is C27H30N4O4. The number of nitriles is 1. The minimum absolute atomic E-state index is 0.0534. The van der Waals surface area contributed by atoms with Gasteiger partial charge >= 0.3 is 6.03 Å². The van der Waals surface area contributed by atoms with E-state index in [-0.39, 0.29) is 18.2 Å². The van der Waals surface area contributed by atoms with Crippen molar-refractivity contribution in [2.24, 2.45) is 0 Å². The van der Waals surface area contributed by atoms with Gasteiger partial charge in [0.25, 0.3) is 0 Å². The number of carbonyl (C=O) groups excluding carboxylic acids is 1. The van der Waals surface area contributed by atoms with Gasteiger partial charge in [0.15, 0.2) is 0 Å². The Bertz CT molecular complexity index is 1250. The Morgan fingerprint density at radius 3 is 2.51 bits per heavy atom. The van der Waals surface area contributed by atoms with E-state index in [1.54, 1.807) is 0 Å². The normalized spacial score (nSPS) is 16.6. The minimum Gasteiger partial charge on any atom is -0.486 e. The monoisotopic (exact) mass is 474 g/mol. The molecule has 1 aliphatic heterocycles. The van der Waals surface area contributed by atoms with Crippen LogP contribution in [-0.4, -0.2) is 42.8 Å². The van der Waals surface area contributed by atoms with Crippen molar-refractivity contribution in [2.45, 2.75) is 51.3 Å². The maximum atomic E-state index is 12.1. The summed E-state index contributed by atoms with van der Waals surface area (Å²) in [5.74, 6) is 0.695. The SMILES string of the molecule is CC(C)NC(=O)Nc1ccc(-c2c(C#N)c3cc(OC4COCOC4)ccc3n2C2CCC2)cc1. The largest absolute Gasteiger partial charge is 0.486 e. The predicted octanol–water partition coefficient (Wildman–Crippen LogP) is 5.19. The van der Waals surface area contributed by atoms with Gasteiger partial charge in [-0.2, -0.15) is 5.26 Å². The number of hydrogen-bond donors (Lipinski definition) is 2. The summed E-state index contributed by atoms with van der Waals surface area (Å²) in [5.41, 5.74) is 4.21. The third kappa shape index (κ3) is 4.83. The van der Waals surface area contributed by atoms with E-state index in [2.05, 4.69) is 21.3 Å². The predicted molar refractivity (Wildman–Crippen MR) is 133 cm³/mol. The summed E-state index contributed by atoms with van der Waals surface area (Å²) in [6.45, 7) is 5.08. The highest BCUT2D eigenvalue weighted by molar-refractivity contribution is 5.96.